The molecule has 0 aliphatic rings. The largest absolute Gasteiger partial charge is 0.355 e. The van der Waals surface area contributed by atoms with Crippen molar-refractivity contribution in [2.75, 3.05) is 13.1 Å². The van der Waals surface area contributed by atoms with Crippen LogP contribution in [-0.4, -0.2) is 34.9 Å². The third kappa shape index (κ3) is 3.48. The summed E-state index contributed by atoms with van der Waals surface area (Å²) >= 11 is 0. The molecule has 0 unspecified atom stereocenters. The van der Waals surface area contributed by atoms with Crippen LogP contribution in [0.25, 0.3) is 11.0 Å². The van der Waals surface area contributed by atoms with Gasteiger partial charge in [0.05, 0.1) is 11.0 Å². The van der Waals surface area contributed by atoms with Crippen LogP contribution in [0, 0.1) is 0 Å². The Morgan fingerprint density at radius 3 is 2.47 bits per heavy atom. The van der Waals surface area contributed by atoms with E-state index < -0.39 is 0 Å². The molecule has 1 aromatic carbocycles. The van der Waals surface area contributed by atoms with Crippen molar-refractivity contribution in [3.05, 3.63) is 36.2 Å². The molecule has 19 heavy (non-hydrogen) atoms. The average Bonchev–Trinajstić information content (AvgIpc) is 2.42. The Balaban J connectivity index is 1.99. The second-order valence-electron chi connectivity index (χ2n) is 4.00. The predicted molar refractivity (Wildman–Crippen MR) is 70.6 cm³/mol. The van der Waals surface area contributed by atoms with Gasteiger partial charge in [-0.1, -0.05) is 0 Å². The van der Waals surface area contributed by atoms with Gasteiger partial charge in [0, 0.05) is 38.0 Å². The molecule has 1 heterocycles. The minimum Gasteiger partial charge on any atom is -0.355 e. The van der Waals surface area contributed by atoms with E-state index in [1.165, 1.54) is 6.92 Å². The number of nitrogens with one attached hydrogen (secondary N) is 2. The first kappa shape index (κ1) is 12.9. The summed E-state index contributed by atoms with van der Waals surface area (Å²) in [4.78, 5) is 30.8. The van der Waals surface area contributed by atoms with Crippen LogP contribution in [0.4, 0.5) is 0 Å². The minimum atomic E-state index is -0.196. The molecule has 2 rings (SSSR count). The fourth-order valence-corrected chi connectivity index (χ4v) is 1.62. The van der Waals surface area contributed by atoms with E-state index >= 15 is 0 Å². The van der Waals surface area contributed by atoms with Gasteiger partial charge in [-0.3, -0.25) is 19.6 Å². The fraction of sp³-hybridized carbons (Fsp3) is 0.231. The summed E-state index contributed by atoms with van der Waals surface area (Å²) in [7, 11) is 0. The Labute approximate surface area is 110 Å². The highest BCUT2D eigenvalue weighted by Crippen LogP contribution is 2.10. The molecule has 0 radical (unpaired) electrons. The molecule has 6 nitrogen and oxygen atoms in total. The van der Waals surface area contributed by atoms with Crippen LogP contribution in [0.5, 0.6) is 0 Å². The lowest BCUT2D eigenvalue weighted by molar-refractivity contribution is -0.118. The van der Waals surface area contributed by atoms with Crippen LogP contribution in [0.3, 0.4) is 0 Å². The number of rotatable bonds is 4. The van der Waals surface area contributed by atoms with E-state index in [2.05, 4.69) is 20.6 Å². The van der Waals surface area contributed by atoms with Crippen LogP contribution < -0.4 is 10.6 Å². The van der Waals surface area contributed by atoms with E-state index in [9.17, 15) is 9.59 Å². The molecule has 2 amide bonds. The van der Waals surface area contributed by atoms with Crippen molar-refractivity contribution in [2.24, 2.45) is 0 Å². The maximum absolute atomic E-state index is 11.9. The zero-order valence-electron chi connectivity index (χ0n) is 10.5. The van der Waals surface area contributed by atoms with Crippen LogP contribution in [0.15, 0.2) is 30.6 Å². The number of carbonyl (C=O) groups excluding carboxylic acids is 2. The van der Waals surface area contributed by atoms with E-state index in [-0.39, 0.29) is 11.8 Å². The monoisotopic (exact) mass is 258 g/mol. The van der Waals surface area contributed by atoms with Gasteiger partial charge < -0.3 is 10.6 Å². The summed E-state index contributed by atoms with van der Waals surface area (Å²) in [5, 5.41) is 5.32. The highest BCUT2D eigenvalue weighted by Gasteiger charge is 2.06. The molecule has 0 spiro atoms. The van der Waals surface area contributed by atoms with E-state index in [0.29, 0.717) is 24.2 Å². The molecule has 0 bridgehead atoms. The Morgan fingerprint density at radius 2 is 1.74 bits per heavy atom. The van der Waals surface area contributed by atoms with Gasteiger partial charge in [0.2, 0.25) is 5.91 Å². The molecule has 0 aliphatic carbocycles. The maximum atomic E-state index is 11.9. The second-order valence-corrected chi connectivity index (χ2v) is 4.00. The number of benzene rings is 1. The van der Waals surface area contributed by atoms with Crippen molar-refractivity contribution in [2.45, 2.75) is 6.92 Å². The summed E-state index contributed by atoms with van der Waals surface area (Å²) in [6.45, 7) is 2.23. The molecule has 2 N–H and O–H groups in total. The van der Waals surface area contributed by atoms with E-state index in [1.807, 2.05) is 0 Å². The zero-order chi connectivity index (χ0) is 13.7. The normalized spacial score (nSPS) is 10.2. The minimum absolute atomic E-state index is 0.116. The van der Waals surface area contributed by atoms with Crippen molar-refractivity contribution in [3.63, 3.8) is 0 Å². The fourth-order valence-electron chi connectivity index (χ4n) is 1.62. The molecule has 0 fully saturated rings. The van der Waals surface area contributed by atoms with E-state index in [0.717, 1.165) is 5.52 Å². The highest BCUT2D eigenvalue weighted by molar-refractivity contribution is 5.97. The van der Waals surface area contributed by atoms with Crippen LogP contribution in [0.1, 0.15) is 17.3 Å². The van der Waals surface area contributed by atoms with E-state index in [4.69, 9.17) is 0 Å². The van der Waals surface area contributed by atoms with E-state index in [1.54, 1.807) is 30.6 Å². The lowest BCUT2D eigenvalue weighted by Gasteiger charge is -2.06. The standard InChI is InChI=1S/C13H14N4O2/c1-9(18)14-4-7-17-13(19)10-2-3-11-12(8-10)16-6-5-15-11/h2-3,5-6,8H,4,7H2,1H3,(H,14,18)(H,17,19). The average molecular weight is 258 g/mol. The summed E-state index contributed by atoms with van der Waals surface area (Å²) in [5.41, 5.74) is 1.95. The Hall–Kier alpha value is -2.50. The van der Waals surface area contributed by atoms with Gasteiger partial charge in [0.25, 0.3) is 5.91 Å². The zero-order valence-corrected chi connectivity index (χ0v) is 10.5. The number of hydrogen-bond donors (Lipinski definition) is 2. The molecule has 0 saturated carbocycles. The smallest absolute Gasteiger partial charge is 0.251 e. The lowest BCUT2D eigenvalue weighted by Crippen LogP contribution is -2.33. The topological polar surface area (TPSA) is 84.0 Å². The number of nitrogens with zero attached hydrogens (tertiary/aromatic N) is 2. The number of aromatic nitrogens is 2. The van der Waals surface area contributed by atoms with Crippen molar-refractivity contribution in [1.82, 2.24) is 20.6 Å². The van der Waals surface area contributed by atoms with Crippen molar-refractivity contribution >= 4 is 22.8 Å². The van der Waals surface area contributed by atoms with Crippen molar-refractivity contribution in [3.8, 4) is 0 Å². The van der Waals surface area contributed by atoms with Crippen LogP contribution >= 0.6 is 0 Å². The molecular formula is C13H14N4O2. The summed E-state index contributed by atoms with van der Waals surface area (Å²) in [6, 6.07) is 5.14. The Kier molecular flexibility index (Phi) is 4.02. The SMILES string of the molecule is CC(=O)NCCNC(=O)c1ccc2nccnc2c1. The first-order valence-corrected chi connectivity index (χ1v) is 5.90. The number of carbonyl (C=O) groups is 2. The van der Waals surface area contributed by atoms with Gasteiger partial charge in [-0.05, 0) is 18.2 Å². The third-order valence-corrected chi connectivity index (χ3v) is 2.52. The Bertz CT molecular complexity index is 612. The molecule has 0 aliphatic heterocycles. The maximum Gasteiger partial charge on any atom is 0.251 e. The van der Waals surface area contributed by atoms with Crippen LogP contribution in [-0.2, 0) is 4.79 Å². The molecule has 2 aromatic rings. The predicted octanol–water partition coefficient (Wildman–Crippen LogP) is 0.496. The number of hydrogen-bond acceptors (Lipinski definition) is 4. The van der Waals surface area contributed by atoms with Gasteiger partial charge in [-0.15, -0.1) is 0 Å². The van der Waals surface area contributed by atoms with Gasteiger partial charge in [0.1, 0.15) is 0 Å². The molecule has 1 aromatic heterocycles. The summed E-state index contributed by atoms with van der Waals surface area (Å²) in [6.07, 6.45) is 3.19. The summed E-state index contributed by atoms with van der Waals surface area (Å²) < 4.78 is 0. The van der Waals surface area contributed by atoms with Crippen molar-refractivity contribution in [1.29, 1.82) is 0 Å². The molecule has 0 atom stereocenters. The van der Waals surface area contributed by atoms with Gasteiger partial charge >= 0.3 is 0 Å². The Morgan fingerprint density at radius 1 is 1.05 bits per heavy atom. The molecule has 98 valence electrons. The van der Waals surface area contributed by atoms with Gasteiger partial charge in [-0.25, -0.2) is 0 Å². The molecule has 0 saturated heterocycles. The lowest BCUT2D eigenvalue weighted by atomic mass is 10.2. The van der Waals surface area contributed by atoms with Crippen molar-refractivity contribution < 1.29 is 9.59 Å². The highest BCUT2D eigenvalue weighted by atomic mass is 16.2. The number of amides is 2. The first-order valence-electron chi connectivity index (χ1n) is 5.90. The molecule has 6 heteroatoms. The number of fused-ring (bicyclic) bond motifs is 1. The quantitative estimate of drug-likeness (QED) is 0.782. The van der Waals surface area contributed by atoms with Gasteiger partial charge in [-0.2, -0.15) is 0 Å². The van der Waals surface area contributed by atoms with Gasteiger partial charge in [0.15, 0.2) is 0 Å². The first-order chi connectivity index (χ1) is 9.16. The van der Waals surface area contributed by atoms with Crippen LogP contribution in [0.2, 0.25) is 0 Å². The second kappa shape index (κ2) is 5.90. The third-order valence-electron chi connectivity index (χ3n) is 2.52. The summed E-state index contributed by atoms with van der Waals surface area (Å²) in [5.74, 6) is -0.312. The molecular weight excluding hydrogens is 244 g/mol.